The highest BCUT2D eigenvalue weighted by molar-refractivity contribution is 9.09. The number of amides is 1. The van der Waals surface area contributed by atoms with Crippen LogP contribution in [-0.2, 0) is 4.79 Å². The first-order valence-electron chi connectivity index (χ1n) is 5.11. The number of benzene rings is 1. The van der Waals surface area contributed by atoms with Crippen molar-refractivity contribution >= 4 is 27.5 Å². The molecule has 0 saturated carbocycles. The van der Waals surface area contributed by atoms with Crippen LogP contribution in [0.5, 0.6) is 0 Å². The molecule has 5 nitrogen and oxygen atoms in total. The van der Waals surface area contributed by atoms with E-state index in [0.29, 0.717) is 6.54 Å². The van der Waals surface area contributed by atoms with Crippen LogP contribution in [0.15, 0.2) is 24.3 Å². The quantitative estimate of drug-likeness (QED) is 0.515. The van der Waals surface area contributed by atoms with E-state index in [2.05, 4.69) is 21.2 Å². The average molecular weight is 301 g/mol. The van der Waals surface area contributed by atoms with E-state index in [0.717, 1.165) is 5.56 Å². The molecule has 6 heteroatoms. The average Bonchev–Trinajstić information content (AvgIpc) is 2.35. The lowest BCUT2D eigenvalue weighted by molar-refractivity contribution is -0.384. The Hall–Kier alpha value is -1.43. The number of nitro benzene ring substituents is 1. The summed E-state index contributed by atoms with van der Waals surface area (Å²) in [7, 11) is 0. The first-order valence-corrected chi connectivity index (χ1v) is 6.23. The van der Waals surface area contributed by atoms with Gasteiger partial charge in [0.15, 0.2) is 0 Å². The topological polar surface area (TPSA) is 72.2 Å². The zero-order valence-electron chi connectivity index (χ0n) is 9.35. The van der Waals surface area contributed by atoms with Gasteiger partial charge in [0.25, 0.3) is 5.69 Å². The summed E-state index contributed by atoms with van der Waals surface area (Å²) in [6, 6.07) is 6.36. The van der Waals surface area contributed by atoms with E-state index in [1.165, 1.54) is 12.1 Å². The second-order valence-electron chi connectivity index (χ2n) is 3.69. The van der Waals surface area contributed by atoms with Crippen molar-refractivity contribution in [3.05, 3.63) is 39.9 Å². The second kappa shape index (κ2) is 6.34. The first kappa shape index (κ1) is 13.6. The van der Waals surface area contributed by atoms with Crippen molar-refractivity contribution < 1.29 is 9.72 Å². The van der Waals surface area contributed by atoms with E-state index in [1.54, 1.807) is 12.1 Å². The van der Waals surface area contributed by atoms with Gasteiger partial charge in [-0.25, -0.2) is 0 Å². The third-order valence-corrected chi connectivity index (χ3v) is 2.91. The lowest BCUT2D eigenvalue weighted by Crippen LogP contribution is -2.28. The van der Waals surface area contributed by atoms with Gasteiger partial charge in [0.1, 0.15) is 0 Å². The number of nitrogens with zero attached hydrogens (tertiary/aromatic N) is 1. The molecule has 1 aromatic carbocycles. The highest BCUT2D eigenvalue weighted by Crippen LogP contribution is 2.18. The summed E-state index contributed by atoms with van der Waals surface area (Å²) < 4.78 is 0. The van der Waals surface area contributed by atoms with Crippen molar-refractivity contribution in [2.75, 3.05) is 11.9 Å². The van der Waals surface area contributed by atoms with E-state index in [1.807, 2.05) is 6.92 Å². The highest BCUT2D eigenvalue weighted by atomic mass is 79.9. The maximum absolute atomic E-state index is 11.0. The van der Waals surface area contributed by atoms with Crippen LogP contribution in [0.25, 0.3) is 0 Å². The van der Waals surface area contributed by atoms with E-state index >= 15 is 0 Å². The third kappa shape index (κ3) is 4.14. The predicted octanol–water partition coefficient (Wildman–Crippen LogP) is 2.21. The monoisotopic (exact) mass is 300 g/mol. The molecular weight excluding hydrogens is 288 g/mol. The molecule has 1 rings (SSSR count). The molecule has 0 fully saturated rings. The molecular formula is C11H13BrN2O3. The van der Waals surface area contributed by atoms with Gasteiger partial charge in [-0.1, -0.05) is 35.0 Å². The third-order valence-electron chi connectivity index (χ3n) is 2.40. The summed E-state index contributed by atoms with van der Waals surface area (Å²) in [5.41, 5.74) is 1.04. The van der Waals surface area contributed by atoms with Crippen LogP contribution in [0.3, 0.4) is 0 Å². The van der Waals surface area contributed by atoms with Crippen LogP contribution in [-0.4, -0.2) is 22.7 Å². The van der Waals surface area contributed by atoms with Crippen LogP contribution < -0.4 is 5.32 Å². The molecule has 0 aromatic heterocycles. The van der Waals surface area contributed by atoms with Crippen LogP contribution in [0.1, 0.15) is 18.4 Å². The van der Waals surface area contributed by atoms with Gasteiger partial charge in [-0.2, -0.15) is 0 Å². The first-order chi connectivity index (χ1) is 8.04. The Balaban J connectivity index is 2.60. The summed E-state index contributed by atoms with van der Waals surface area (Å²) in [6.45, 7) is 2.47. The van der Waals surface area contributed by atoms with Crippen molar-refractivity contribution in [1.29, 1.82) is 0 Å². The Morgan fingerprint density at radius 1 is 1.47 bits per heavy atom. The van der Waals surface area contributed by atoms with E-state index in [9.17, 15) is 14.9 Å². The Morgan fingerprint density at radius 2 is 2.06 bits per heavy atom. The highest BCUT2D eigenvalue weighted by Gasteiger charge is 2.09. The number of halogens is 1. The number of nitrogens with one attached hydrogen (secondary N) is 1. The van der Waals surface area contributed by atoms with Crippen molar-refractivity contribution in [2.24, 2.45) is 0 Å². The van der Waals surface area contributed by atoms with Crippen LogP contribution in [0.4, 0.5) is 5.69 Å². The maximum atomic E-state index is 11.0. The standard InChI is InChI=1S/C11H13BrN2O3/c1-8(7-13-11(15)6-12)9-2-4-10(5-3-9)14(16)17/h2-5,8H,6-7H2,1H3,(H,13,15). The smallest absolute Gasteiger partial charge is 0.269 e. The Kier molecular flexibility index (Phi) is 5.09. The predicted molar refractivity (Wildman–Crippen MR) is 68.3 cm³/mol. The van der Waals surface area contributed by atoms with Gasteiger partial charge in [-0.15, -0.1) is 0 Å². The fourth-order valence-corrected chi connectivity index (χ4v) is 1.55. The van der Waals surface area contributed by atoms with Gasteiger partial charge in [0.05, 0.1) is 10.3 Å². The van der Waals surface area contributed by atoms with Gasteiger partial charge >= 0.3 is 0 Å². The molecule has 1 aromatic rings. The molecule has 0 spiro atoms. The van der Waals surface area contributed by atoms with E-state index < -0.39 is 4.92 Å². The minimum Gasteiger partial charge on any atom is -0.355 e. The summed E-state index contributed by atoms with van der Waals surface area (Å²) in [5, 5.41) is 13.5. The molecule has 92 valence electrons. The molecule has 0 aliphatic heterocycles. The van der Waals surface area contributed by atoms with Crippen molar-refractivity contribution in [3.63, 3.8) is 0 Å². The lowest BCUT2D eigenvalue weighted by Gasteiger charge is -2.12. The minimum atomic E-state index is -0.430. The zero-order chi connectivity index (χ0) is 12.8. The number of carbonyl (C=O) groups excluding carboxylic acids is 1. The normalized spacial score (nSPS) is 11.9. The number of hydrogen-bond acceptors (Lipinski definition) is 3. The Morgan fingerprint density at radius 3 is 2.53 bits per heavy atom. The number of non-ortho nitro benzene ring substituents is 1. The Bertz CT molecular complexity index is 406. The number of rotatable bonds is 5. The SMILES string of the molecule is CC(CNC(=O)CBr)c1ccc([N+](=O)[O-])cc1. The van der Waals surface area contributed by atoms with Gasteiger partial charge in [0, 0.05) is 18.7 Å². The number of carbonyl (C=O) groups is 1. The molecule has 1 N–H and O–H groups in total. The van der Waals surface area contributed by atoms with Crippen LogP contribution in [0, 0.1) is 10.1 Å². The fraction of sp³-hybridized carbons (Fsp3) is 0.364. The molecule has 0 saturated heterocycles. The lowest BCUT2D eigenvalue weighted by atomic mass is 10.0. The summed E-state index contributed by atoms with van der Waals surface area (Å²) in [4.78, 5) is 21.1. The van der Waals surface area contributed by atoms with Gasteiger partial charge in [-0.3, -0.25) is 14.9 Å². The van der Waals surface area contributed by atoms with E-state index in [4.69, 9.17) is 0 Å². The number of nitro groups is 1. The molecule has 0 radical (unpaired) electrons. The van der Waals surface area contributed by atoms with E-state index in [-0.39, 0.29) is 22.8 Å². The van der Waals surface area contributed by atoms with Crippen LogP contribution in [0.2, 0.25) is 0 Å². The van der Waals surface area contributed by atoms with Crippen molar-refractivity contribution in [2.45, 2.75) is 12.8 Å². The second-order valence-corrected chi connectivity index (χ2v) is 4.25. The molecule has 1 atom stereocenters. The molecule has 0 bridgehead atoms. The summed E-state index contributed by atoms with van der Waals surface area (Å²) in [6.07, 6.45) is 0. The molecule has 0 aliphatic rings. The summed E-state index contributed by atoms with van der Waals surface area (Å²) >= 11 is 3.06. The summed E-state index contributed by atoms with van der Waals surface area (Å²) in [5.74, 6) is 0.0533. The largest absolute Gasteiger partial charge is 0.355 e. The number of alkyl halides is 1. The fourth-order valence-electron chi connectivity index (χ4n) is 1.36. The number of hydrogen-bond donors (Lipinski definition) is 1. The molecule has 1 amide bonds. The van der Waals surface area contributed by atoms with Gasteiger partial charge < -0.3 is 5.32 Å². The molecule has 1 unspecified atom stereocenters. The van der Waals surface area contributed by atoms with Crippen molar-refractivity contribution in [1.82, 2.24) is 5.32 Å². The maximum Gasteiger partial charge on any atom is 0.269 e. The minimum absolute atomic E-state index is 0.0706. The van der Waals surface area contributed by atoms with Crippen LogP contribution >= 0.6 is 15.9 Å². The van der Waals surface area contributed by atoms with Crippen molar-refractivity contribution in [3.8, 4) is 0 Å². The molecule has 0 heterocycles. The zero-order valence-corrected chi connectivity index (χ0v) is 10.9. The molecule has 0 aliphatic carbocycles. The Labute approximate surface area is 107 Å². The van der Waals surface area contributed by atoms with Gasteiger partial charge in [-0.05, 0) is 11.5 Å². The van der Waals surface area contributed by atoms with Gasteiger partial charge in [0.2, 0.25) is 5.91 Å². The molecule has 17 heavy (non-hydrogen) atoms.